The zero-order chi connectivity index (χ0) is 22.1. The van der Waals surface area contributed by atoms with E-state index in [2.05, 4.69) is 10.6 Å². The van der Waals surface area contributed by atoms with Crippen LogP contribution >= 0.6 is 0 Å². The third kappa shape index (κ3) is 6.17. The van der Waals surface area contributed by atoms with E-state index in [9.17, 15) is 14.7 Å². The van der Waals surface area contributed by atoms with Crippen LogP contribution in [-0.2, 0) is 9.59 Å². The highest BCUT2D eigenvalue weighted by Gasteiger charge is 2.31. The van der Waals surface area contributed by atoms with Gasteiger partial charge in [-0.05, 0) is 23.0 Å². The van der Waals surface area contributed by atoms with Crippen LogP contribution in [0.1, 0.15) is 51.2 Å². The smallest absolute Gasteiger partial charge is 0.243 e. The quantitative estimate of drug-likeness (QED) is 0.561. The highest BCUT2D eigenvalue weighted by atomic mass is 16.3. The van der Waals surface area contributed by atoms with Crippen molar-refractivity contribution in [3.05, 3.63) is 71.8 Å². The summed E-state index contributed by atoms with van der Waals surface area (Å²) in [6.45, 7) is 7.69. The van der Waals surface area contributed by atoms with Gasteiger partial charge >= 0.3 is 0 Å². The maximum Gasteiger partial charge on any atom is 0.243 e. The molecule has 0 fully saturated rings. The predicted octanol–water partition coefficient (Wildman–Crippen LogP) is 3.48. The second-order valence-electron chi connectivity index (χ2n) is 8.17. The number of rotatable bonds is 10. The Bertz CT molecular complexity index is 753. The Hall–Kier alpha value is -2.66. The molecule has 0 spiro atoms. The van der Waals surface area contributed by atoms with Gasteiger partial charge in [0, 0.05) is 0 Å². The van der Waals surface area contributed by atoms with Crippen LogP contribution in [0.4, 0.5) is 0 Å². The first-order valence-electron chi connectivity index (χ1n) is 10.7. The van der Waals surface area contributed by atoms with Gasteiger partial charge < -0.3 is 15.7 Å². The summed E-state index contributed by atoms with van der Waals surface area (Å²) in [5.41, 5.74) is 1.74. The number of aliphatic hydroxyl groups is 1. The Morgan fingerprint density at radius 1 is 0.833 bits per heavy atom. The molecule has 0 heterocycles. The van der Waals surface area contributed by atoms with E-state index < -0.39 is 12.0 Å². The first-order valence-corrected chi connectivity index (χ1v) is 10.7. The average molecular weight is 411 g/mol. The zero-order valence-electron chi connectivity index (χ0n) is 18.3. The summed E-state index contributed by atoms with van der Waals surface area (Å²) >= 11 is 0. The van der Waals surface area contributed by atoms with Crippen molar-refractivity contribution in [1.82, 2.24) is 10.6 Å². The topological polar surface area (TPSA) is 78.4 Å². The minimum absolute atomic E-state index is 0.0996. The van der Waals surface area contributed by atoms with E-state index in [0.29, 0.717) is 0 Å². The van der Waals surface area contributed by atoms with E-state index in [4.69, 9.17) is 0 Å². The molecule has 2 aromatic rings. The van der Waals surface area contributed by atoms with E-state index in [1.165, 1.54) is 0 Å². The number of carbonyl (C=O) groups is 2. The molecule has 0 unspecified atom stereocenters. The van der Waals surface area contributed by atoms with Gasteiger partial charge in [-0.3, -0.25) is 9.59 Å². The van der Waals surface area contributed by atoms with Gasteiger partial charge in [-0.15, -0.1) is 0 Å². The summed E-state index contributed by atoms with van der Waals surface area (Å²) in [5, 5.41) is 15.5. The van der Waals surface area contributed by atoms with Crippen molar-refractivity contribution in [3.8, 4) is 0 Å². The summed E-state index contributed by atoms with van der Waals surface area (Å²) in [4.78, 5) is 26.3. The Balaban J connectivity index is 2.25. The van der Waals surface area contributed by atoms with Gasteiger partial charge in [-0.2, -0.15) is 0 Å². The van der Waals surface area contributed by atoms with Crippen molar-refractivity contribution in [3.63, 3.8) is 0 Å². The molecule has 0 aliphatic rings. The number of hydrogen-bond donors (Lipinski definition) is 3. The molecule has 0 aromatic heterocycles. The van der Waals surface area contributed by atoms with Crippen LogP contribution in [-0.4, -0.2) is 35.6 Å². The maximum atomic E-state index is 13.4. The van der Waals surface area contributed by atoms with Crippen molar-refractivity contribution in [2.75, 3.05) is 6.61 Å². The molecule has 0 bridgehead atoms. The minimum Gasteiger partial charge on any atom is -0.394 e. The molecule has 2 rings (SSSR count). The van der Waals surface area contributed by atoms with E-state index in [1.807, 2.05) is 88.4 Å². The van der Waals surface area contributed by atoms with E-state index in [1.54, 1.807) is 0 Å². The zero-order valence-corrected chi connectivity index (χ0v) is 18.3. The largest absolute Gasteiger partial charge is 0.394 e. The molecule has 162 valence electrons. The van der Waals surface area contributed by atoms with Gasteiger partial charge in [-0.1, -0.05) is 94.8 Å². The first-order chi connectivity index (χ1) is 14.4. The van der Waals surface area contributed by atoms with Crippen LogP contribution in [0, 0.1) is 11.8 Å². The molecule has 2 aromatic carbocycles. The average Bonchev–Trinajstić information content (AvgIpc) is 2.76. The van der Waals surface area contributed by atoms with Crippen LogP contribution in [0.25, 0.3) is 0 Å². The molecule has 0 saturated carbocycles. The highest BCUT2D eigenvalue weighted by molar-refractivity contribution is 5.92. The van der Waals surface area contributed by atoms with Crippen LogP contribution in [0.2, 0.25) is 0 Å². The third-order valence-electron chi connectivity index (χ3n) is 5.63. The lowest BCUT2D eigenvalue weighted by atomic mass is 9.89. The number of carbonyl (C=O) groups excluding carboxylic acids is 2. The van der Waals surface area contributed by atoms with Gasteiger partial charge in [0.15, 0.2) is 0 Å². The van der Waals surface area contributed by atoms with Crippen molar-refractivity contribution in [2.45, 2.75) is 52.1 Å². The van der Waals surface area contributed by atoms with Crippen molar-refractivity contribution < 1.29 is 14.7 Å². The van der Waals surface area contributed by atoms with Crippen molar-refractivity contribution in [1.29, 1.82) is 0 Å². The molecular formula is C25H34N2O3. The van der Waals surface area contributed by atoms with E-state index >= 15 is 0 Å². The SMILES string of the molecule is CC[C@H](C)[C@@H](CO)NC(=O)[C@H](NC(=O)C(c1ccccc1)c1ccccc1)C(C)C. The summed E-state index contributed by atoms with van der Waals surface area (Å²) in [7, 11) is 0. The van der Waals surface area contributed by atoms with Crippen molar-refractivity contribution in [2.24, 2.45) is 11.8 Å². The van der Waals surface area contributed by atoms with E-state index in [0.717, 1.165) is 17.5 Å². The Morgan fingerprint density at radius 2 is 1.33 bits per heavy atom. The molecule has 0 aliphatic heterocycles. The number of hydrogen-bond acceptors (Lipinski definition) is 3. The Morgan fingerprint density at radius 3 is 1.73 bits per heavy atom. The molecular weight excluding hydrogens is 376 g/mol. The second kappa shape index (κ2) is 11.5. The lowest BCUT2D eigenvalue weighted by Crippen LogP contribution is -2.54. The fourth-order valence-electron chi connectivity index (χ4n) is 3.48. The van der Waals surface area contributed by atoms with Gasteiger partial charge in [0.2, 0.25) is 11.8 Å². The third-order valence-corrected chi connectivity index (χ3v) is 5.63. The van der Waals surface area contributed by atoms with Crippen LogP contribution in [0.15, 0.2) is 60.7 Å². The van der Waals surface area contributed by atoms with Crippen LogP contribution < -0.4 is 10.6 Å². The molecule has 3 atom stereocenters. The number of nitrogens with one attached hydrogen (secondary N) is 2. The minimum atomic E-state index is -0.689. The predicted molar refractivity (Wildman–Crippen MR) is 120 cm³/mol. The standard InChI is InChI=1S/C25H34N2O3/c1-5-18(4)21(16-28)26-25(30)23(17(2)3)27-24(29)22(19-12-8-6-9-13-19)20-14-10-7-11-15-20/h6-15,17-18,21-23,28H,5,16H2,1-4H3,(H,26,30)(H,27,29)/t18-,21+,23+/m0/s1. The number of benzene rings is 2. The molecule has 2 amide bonds. The van der Waals surface area contributed by atoms with E-state index in [-0.39, 0.29) is 36.3 Å². The van der Waals surface area contributed by atoms with Crippen LogP contribution in [0.3, 0.4) is 0 Å². The Labute approximate surface area is 179 Å². The number of amides is 2. The summed E-state index contributed by atoms with van der Waals surface area (Å²) in [5.74, 6) is -0.950. The van der Waals surface area contributed by atoms with Crippen molar-refractivity contribution >= 4 is 11.8 Å². The lowest BCUT2D eigenvalue weighted by Gasteiger charge is -2.29. The molecule has 5 heteroatoms. The number of aliphatic hydroxyl groups excluding tert-OH is 1. The monoisotopic (exact) mass is 410 g/mol. The fourth-order valence-corrected chi connectivity index (χ4v) is 3.48. The van der Waals surface area contributed by atoms with Gasteiger partial charge in [-0.25, -0.2) is 0 Å². The maximum absolute atomic E-state index is 13.4. The first kappa shape index (κ1) is 23.6. The van der Waals surface area contributed by atoms with Gasteiger partial charge in [0.1, 0.15) is 6.04 Å². The van der Waals surface area contributed by atoms with Crippen LogP contribution in [0.5, 0.6) is 0 Å². The molecule has 5 nitrogen and oxygen atoms in total. The van der Waals surface area contributed by atoms with Gasteiger partial charge in [0.05, 0.1) is 18.6 Å². The Kier molecular flexibility index (Phi) is 9.06. The summed E-state index contributed by atoms with van der Waals surface area (Å²) in [6.07, 6.45) is 0.842. The normalized spacial score (nSPS) is 14.2. The molecule has 3 N–H and O–H groups in total. The highest BCUT2D eigenvalue weighted by Crippen LogP contribution is 2.25. The molecule has 0 radical (unpaired) electrons. The fraction of sp³-hybridized carbons (Fsp3) is 0.440. The molecule has 30 heavy (non-hydrogen) atoms. The summed E-state index contributed by atoms with van der Waals surface area (Å²) in [6, 6.07) is 18.1. The molecule has 0 saturated heterocycles. The summed E-state index contributed by atoms with van der Waals surface area (Å²) < 4.78 is 0. The molecule has 0 aliphatic carbocycles. The van der Waals surface area contributed by atoms with Gasteiger partial charge in [0.25, 0.3) is 0 Å². The second-order valence-corrected chi connectivity index (χ2v) is 8.17. The lowest BCUT2D eigenvalue weighted by molar-refractivity contribution is -0.131.